The minimum atomic E-state index is -0.0936. The Labute approximate surface area is 141 Å². The first-order valence-corrected chi connectivity index (χ1v) is 8.45. The van der Waals surface area contributed by atoms with Crippen LogP contribution in [0.5, 0.6) is 0 Å². The number of rotatable bonds is 6. The maximum absolute atomic E-state index is 12.6. The number of halogens is 1. The summed E-state index contributed by atoms with van der Waals surface area (Å²) < 4.78 is 1.68. The van der Waals surface area contributed by atoms with Gasteiger partial charge in [0.15, 0.2) is 0 Å². The van der Waals surface area contributed by atoms with E-state index in [-0.39, 0.29) is 11.7 Å². The Morgan fingerprint density at radius 2 is 2.04 bits per heavy atom. The molecule has 122 valence electrons. The quantitative estimate of drug-likeness (QED) is 0.813. The first-order chi connectivity index (χ1) is 11.1. The molecule has 1 saturated carbocycles. The molecule has 1 aliphatic carbocycles. The minimum absolute atomic E-state index is 0.0936. The number of hydrogen-bond acceptors (Lipinski definition) is 3. The molecule has 6 heteroatoms. The van der Waals surface area contributed by atoms with Crippen molar-refractivity contribution >= 4 is 17.5 Å². The molecule has 5 nitrogen and oxygen atoms in total. The molecule has 0 saturated heterocycles. The van der Waals surface area contributed by atoms with E-state index < -0.39 is 0 Å². The lowest BCUT2D eigenvalue weighted by Crippen LogP contribution is -2.32. The van der Waals surface area contributed by atoms with E-state index in [4.69, 9.17) is 11.6 Å². The van der Waals surface area contributed by atoms with E-state index in [1.54, 1.807) is 16.8 Å². The fourth-order valence-electron chi connectivity index (χ4n) is 2.60. The van der Waals surface area contributed by atoms with Crippen molar-refractivity contribution in [2.45, 2.75) is 33.1 Å². The van der Waals surface area contributed by atoms with Crippen molar-refractivity contribution < 1.29 is 4.79 Å². The average Bonchev–Trinajstić information content (AvgIpc) is 3.29. The van der Waals surface area contributed by atoms with Gasteiger partial charge in [-0.3, -0.25) is 4.79 Å². The molecule has 2 aromatic rings. The van der Waals surface area contributed by atoms with Crippen LogP contribution < -0.4 is 0 Å². The van der Waals surface area contributed by atoms with E-state index in [0.717, 1.165) is 24.6 Å². The number of carbonyl (C=O) groups is 1. The van der Waals surface area contributed by atoms with Gasteiger partial charge in [-0.15, -0.1) is 5.10 Å². The van der Waals surface area contributed by atoms with Crippen LogP contribution >= 0.6 is 11.6 Å². The Hall–Kier alpha value is -1.88. The van der Waals surface area contributed by atoms with E-state index in [9.17, 15) is 4.79 Å². The van der Waals surface area contributed by atoms with Gasteiger partial charge in [0, 0.05) is 18.1 Å². The minimum Gasteiger partial charge on any atom is -0.336 e. The third kappa shape index (κ3) is 3.72. The molecule has 23 heavy (non-hydrogen) atoms. The van der Waals surface area contributed by atoms with Crippen LogP contribution in [0.3, 0.4) is 0 Å². The van der Waals surface area contributed by atoms with Crippen LogP contribution in [0.2, 0.25) is 5.02 Å². The van der Waals surface area contributed by atoms with Crippen LogP contribution in [0, 0.1) is 12.8 Å². The first kappa shape index (κ1) is 16.0. The molecule has 0 bridgehead atoms. The van der Waals surface area contributed by atoms with Gasteiger partial charge in [0.2, 0.25) is 5.82 Å². The maximum atomic E-state index is 12.6. The molecule has 0 atom stereocenters. The summed E-state index contributed by atoms with van der Waals surface area (Å²) in [6, 6.07) is 7.33. The van der Waals surface area contributed by atoms with Crippen molar-refractivity contribution in [3.8, 4) is 5.69 Å². The topological polar surface area (TPSA) is 51.0 Å². The van der Waals surface area contributed by atoms with Gasteiger partial charge in [0.25, 0.3) is 5.91 Å². The third-order valence-electron chi connectivity index (χ3n) is 4.20. The van der Waals surface area contributed by atoms with Crippen molar-refractivity contribution in [2.75, 3.05) is 13.1 Å². The fourth-order valence-corrected chi connectivity index (χ4v) is 2.72. The molecule has 0 spiro atoms. The summed E-state index contributed by atoms with van der Waals surface area (Å²) in [6.07, 6.45) is 3.68. The standard InChI is InChI=1S/C17H21ClN4O/c1-3-21(11-10-13-4-5-13)17(23)16-19-12(2)22(20-16)15-8-6-14(18)7-9-15/h6-9,13H,3-5,10-11H2,1-2H3. The second-order valence-corrected chi connectivity index (χ2v) is 6.42. The SMILES string of the molecule is CCN(CCC1CC1)C(=O)c1nc(C)n(-c2ccc(Cl)cc2)n1. The molecule has 3 rings (SSSR count). The number of aryl methyl sites for hydroxylation is 1. The number of amides is 1. The highest BCUT2D eigenvalue weighted by Gasteiger charge is 2.25. The average molecular weight is 333 g/mol. The summed E-state index contributed by atoms with van der Waals surface area (Å²) in [6.45, 7) is 5.31. The summed E-state index contributed by atoms with van der Waals surface area (Å²) in [7, 11) is 0. The highest BCUT2D eigenvalue weighted by molar-refractivity contribution is 6.30. The zero-order chi connectivity index (χ0) is 16.4. The number of nitrogens with zero attached hydrogens (tertiary/aromatic N) is 4. The molecule has 1 aromatic heterocycles. The highest BCUT2D eigenvalue weighted by Crippen LogP contribution is 2.32. The summed E-state index contributed by atoms with van der Waals surface area (Å²) in [5.74, 6) is 1.66. The van der Waals surface area contributed by atoms with Gasteiger partial charge in [-0.25, -0.2) is 9.67 Å². The lowest BCUT2D eigenvalue weighted by Gasteiger charge is -2.18. The number of hydrogen-bond donors (Lipinski definition) is 0. The van der Waals surface area contributed by atoms with Crippen LogP contribution in [0.1, 0.15) is 42.6 Å². The Bertz CT molecular complexity index is 691. The summed E-state index contributed by atoms with van der Waals surface area (Å²) in [5.41, 5.74) is 0.847. The van der Waals surface area contributed by atoms with Crippen LogP contribution in [0.4, 0.5) is 0 Å². The van der Waals surface area contributed by atoms with Gasteiger partial charge in [0.1, 0.15) is 5.82 Å². The van der Waals surface area contributed by atoms with Gasteiger partial charge < -0.3 is 4.90 Å². The predicted octanol–water partition coefficient (Wildman–Crippen LogP) is 3.49. The largest absolute Gasteiger partial charge is 0.336 e. The molecular weight excluding hydrogens is 312 g/mol. The summed E-state index contributed by atoms with van der Waals surface area (Å²) in [5, 5.41) is 5.06. The van der Waals surface area contributed by atoms with E-state index in [0.29, 0.717) is 17.4 Å². The number of benzene rings is 1. The molecular formula is C17H21ClN4O. The maximum Gasteiger partial charge on any atom is 0.293 e. The van der Waals surface area contributed by atoms with Crippen molar-refractivity contribution in [1.29, 1.82) is 0 Å². The van der Waals surface area contributed by atoms with Gasteiger partial charge in [-0.1, -0.05) is 24.4 Å². The van der Waals surface area contributed by atoms with Crippen molar-refractivity contribution in [3.05, 3.63) is 40.9 Å². The number of aromatic nitrogens is 3. The van der Waals surface area contributed by atoms with Gasteiger partial charge in [-0.05, 0) is 50.5 Å². The zero-order valence-electron chi connectivity index (χ0n) is 13.5. The van der Waals surface area contributed by atoms with Crippen LogP contribution in [-0.4, -0.2) is 38.7 Å². The Morgan fingerprint density at radius 3 is 2.65 bits per heavy atom. The first-order valence-electron chi connectivity index (χ1n) is 8.07. The summed E-state index contributed by atoms with van der Waals surface area (Å²) >= 11 is 5.91. The van der Waals surface area contributed by atoms with Crippen LogP contribution in [-0.2, 0) is 0 Å². The number of carbonyl (C=O) groups excluding carboxylic acids is 1. The van der Waals surface area contributed by atoms with Crippen LogP contribution in [0.15, 0.2) is 24.3 Å². The fraction of sp³-hybridized carbons (Fsp3) is 0.471. The molecule has 0 aliphatic heterocycles. The van der Waals surface area contributed by atoms with Crippen molar-refractivity contribution in [1.82, 2.24) is 19.7 Å². The Balaban J connectivity index is 1.78. The van der Waals surface area contributed by atoms with Crippen LogP contribution in [0.25, 0.3) is 5.69 Å². The van der Waals surface area contributed by atoms with Crippen molar-refractivity contribution in [3.63, 3.8) is 0 Å². The molecule has 1 aliphatic rings. The molecule has 0 unspecified atom stereocenters. The van der Waals surface area contributed by atoms with Crippen molar-refractivity contribution in [2.24, 2.45) is 5.92 Å². The molecule has 1 aromatic carbocycles. The van der Waals surface area contributed by atoms with Gasteiger partial charge in [-0.2, -0.15) is 0 Å². The smallest absolute Gasteiger partial charge is 0.293 e. The lowest BCUT2D eigenvalue weighted by molar-refractivity contribution is 0.0748. The molecule has 0 radical (unpaired) electrons. The zero-order valence-corrected chi connectivity index (χ0v) is 14.3. The van der Waals surface area contributed by atoms with E-state index in [1.807, 2.05) is 30.9 Å². The van der Waals surface area contributed by atoms with Gasteiger partial charge in [0.05, 0.1) is 5.69 Å². The lowest BCUT2D eigenvalue weighted by atomic mass is 10.2. The molecule has 1 amide bonds. The molecule has 1 heterocycles. The molecule has 1 fully saturated rings. The van der Waals surface area contributed by atoms with E-state index in [1.165, 1.54) is 12.8 Å². The monoisotopic (exact) mass is 332 g/mol. The Morgan fingerprint density at radius 1 is 1.35 bits per heavy atom. The third-order valence-corrected chi connectivity index (χ3v) is 4.46. The second-order valence-electron chi connectivity index (χ2n) is 5.99. The normalized spacial score (nSPS) is 14.0. The second kappa shape index (κ2) is 6.71. The van der Waals surface area contributed by atoms with E-state index >= 15 is 0 Å². The molecule has 0 N–H and O–H groups in total. The van der Waals surface area contributed by atoms with Gasteiger partial charge >= 0.3 is 0 Å². The summed E-state index contributed by atoms with van der Waals surface area (Å²) in [4.78, 5) is 18.8. The predicted molar refractivity (Wildman–Crippen MR) is 90.0 cm³/mol. The Kier molecular flexibility index (Phi) is 4.66. The van der Waals surface area contributed by atoms with E-state index in [2.05, 4.69) is 10.1 Å². The highest BCUT2D eigenvalue weighted by atomic mass is 35.5.